The monoisotopic (exact) mass is 222 g/mol. The maximum Gasteiger partial charge on any atom is 0.0637 e. The summed E-state index contributed by atoms with van der Waals surface area (Å²) in [4.78, 5) is 3.97. The molecule has 0 spiro atoms. The standard InChI is InChI=1S/C12H15ClN2/c1-3-5-6-12(15-4-2)10-7-8-14-9-11(10)13/h7-9,12,15H,4,6H2,1-2H3. The summed E-state index contributed by atoms with van der Waals surface area (Å²) in [6.45, 7) is 4.81. The van der Waals surface area contributed by atoms with Crippen LogP contribution in [-0.4, -0.2) is 11.5 Å². The van der Waals surface area contributed by atoms with E-state index in [1.54, 1.807) is 12.4 Å². The molecule has 0 aliphatic heterocycles. The molecule has 0 saturated heterocycles. The van der Waals surface area contributed by atoms with E-state index in [-0.39, 0.29) is 6.04 Å². The van der Waals surface area contributed by atoms with Crippen molar-refractivity contribution < 1.29 is 0 Å². The zero-order valence-electron chi connectivity index (χ0n) is 9.05. The first-order valence-corrected chi connectivity index (χ1v) is 5.39. The van der Waals surface area contributed by atoms with Crippen LogP contribution in [0.1, 0.15) is 31.9 Å². The molecule has 1 rings (SSSR count). The summed E-state index contributed by atoms with van der Waals surface area (Å²) in [5.74, 6) is 5.96. The van der Waals surface area contributed by atoms with Gasteiger partial charge in [0, 0.05) is 24.9 Å². The second-order valence-corrected chi connectivity index (χ2v) is 3.55. The quantitative estimate of drug-likeness (QED) is 0.793. The van der Waals surface area contributed by atoms with Gasteiger partial charge in [0.1, 0.15) is 0 Å². The Balaban J connectivity index is 2.86. The SMILES string of the molecule is CC#CCC(NCC)c1ccncc1Cl. The molecule has 0 radical (unpaired) electrons. The van der Waals surface area contributed by atoms with E-state index in [9.17, 15) is 0 Å². The molecular formula is C12H15ClN2. The summed E-state index contributed by atoms with van der Waals surface area (Å²) in [6, 6.07) is 2.13. The van der Waals surface area contributed by atoms with Crippen molar-refractivity contribution in [1.29, 1.82) is 0 Å². The lowest BCUT2D eigenvalue weighted by Gasteiger charge is -2.16. The predicted octanol–water partition coefficient (Wildman–Crippen LogP) is 2.80. The van der Waals surface area contributed by atoms with Crippen molar-refractivity contribution in [3.05, 3.63) is 29.0 Å². The van der Waals surface area contributed by atoms with Crippen LogP contribution in [0.2, 0.25) is 5.02 Å². The molecule has 1 N–H and O–H groups in total. The molecule has 0 aliphatic rings. The molecule has 3 heteroatoms. The van der Waals surface area contributed by atoms with Gasteiger partial charge in [0.25, 0.3) is 0 Å². The molecular weight excluding hydrogens is 208 g/mol. The molecule has 1 unspecified atom stereocenters. The normalized spacial score (nSPS) is 11.7. The summed E-state index contributed by atoms with van der Waals surface area (Å²) in [6.07, 6.45) is 4.19. The summed E-state index contributed by atoms with van der Waals surface area (Å²) in [7, 11) is 0. The number of hydrogen-bond donors (Lipinski definition) is 1. The smallest absolute Gasteiger partial charge is 0.0637 e. The lowest BCUT2D eigenvalue weighted by Crippen LogP contribution is -2.20. The fourth-order valence-corrected chi connectivity index (χ4v) is 1.66. The first-order valence-electron chi connectivity index (χ1n) is 5.02. The molecule has 0 bridgehead atoms. The third-order valence-electron chi connectivity index (χ3n) is 2.11. The van der Waals surface area contributed by atoms with Gasteiger partial charge in [0.2, 0.25) is 0 Å². The van der Waals surface area contributed by atoms with Crippen molar-refractivity contribution in [1.82, 2.24) is 10.3 Å². The van der Waals surface area contributed by atoms with Crippen molar-refractivity contribution in [3.8, 4) is 11.8 Å². The summed E-state index contributed by atoms with van der Waals surface area (Å²) in [5, 5.41) is 4.06. The van der Waals surface area contributed by atoms with E-state index in [4.69, 9.17) is 11.6 Å². The zero-order chi connectivity index (χ0) is 11.1. The maximum atomic E-state index is 6.08. The van der Waals surface area contributed by atoms with Crippen LogP contribution < -0.4 is 5.32 Å². The Bertz CT molecular complexity index is 365. The van der Waals surface area contributed by atoms with Crippen molar-refractivity contribution in [2.24, 2.45) is 0 Å². The lowest BCUT2D eigenvalue weighted by molar-refractivity contribution is 0.565. The Kier molecular flexibility index (Phi) is 5.17. The molecule has 2 nitrogen and oxygen atoms in total. The van der Waals surface area contributed by atoms with Crippen LogP contribution in [0.3, 0.4) is 0 Å². The highest BCUT2D eigenvalue weighted by molar-refractivity contribution is 6.31. The molecule has 1 aromatic rings. The predicted molar refractivity (Wildman–Crippen MR) is 63.7 cm³/mol. The minimum absolute atomic E-state index is 0.193. The van der Waals surface area contributed by atoms with Crippen LogP contribution in [0, 0.1) is 11.8 Å². The molecule has 0 fully saturated rings. The third-order valence-corrected chi connectivity index (χ3v) is 2.43. The number of aromatic nitrogens is 1. The summed E-state index contributed by atoms with van der Waals surface area (Å²) in [5.41, 5.74) is 1.07. The lowest BCUT2D eigenvalue weighted by atomic mass is 10.1. The number of hydrogen-bond acceptors (Lipinski definition) is 2. The average Bonchev–Trinajstić information content (AvgIpc) is 2.25. The van der Waals surface area contributed by atoms with Gasteiger partial charge in [0.15, 0.2) is 0 Å². The topological polar surface area (TPSA) is 24.9 Å². The van der Waals surface area contributed by atoms with Gasteiger partial charge in [0.05, 0.1) is 5.02 Å². The largest absolute Gasteiger partial charge is 0.309 e. The van der Waals surface area contributed by atoms with Crippen LogP contribution in [0.5, 0.6) is 0 Å². The van der Waals surface area contributed by atoms with E-state index >= 15 is 0 Å². The Morgan fingerprint density at radius 3 is 3.00 bits per heavy atom. The van der Waals surface area contributed by atoms with E-state index in [2.05, 4.69) is 29.1 Å². The molecule has 0 aliphatic carbocycles. The van der Waals surface area contributed by atoms with Crippen LogP contribution >= 0.6 is 11.6 Å². The number of rotatable bonds is 4. The van der Waals surface area contributed by atoms with Crippen molar-refractivity contribution in [2.75, 3.05) is 6.54 Å². The molecule has 0 saturated carbocycles. The molecule has 15 heavy (non-hydrogen) atoms. The van der Waals surface area contributed by atoms with Gasteiger partial charge in [-0.15, -0.1) is 11.8 Å². The van der Waals surface area contributed by atoms with Crippen molar-refractivity contribution in [2.45, 2.75) is 26.3 Å². The van der Waals surface area contributed by atoms with Gasteiger partial charge in [-0.05, 0) is 25.1 Å². The summed E-state index contributed by atoms with van der Waals surface area (Å²) >= 11 is 6.08. The molecule has 0 amide bonds. The third kappa shape index (κ3) is 3.54. The summed E-state index contributed by atoms with van der Waals surface area (Å²) < 4.78 is 0. The molecule has 0 aromatic carbocycles. The van der Waals surface area contributed by atoms with E-state index in [0.29, 0.717) is 5.02 Å². The highest BCUT2D eigenvalue weighted by atomic mass is 35.5. The van der Waals surface area contributed by atoms with Crippen LogP contribution in [0.25, 0.3) is 0 Å². The van der Waals surface area contributed by atoms with E-state index in [0.717, 1.165) is 18.5 Å². The van der Waals surface area contributed by atoms with Crippen LogP contribution in [0.4, 0.5) is 0 Å². The second kappa shape index (κ2) is 6.44. The van der Waals surface area contributed by atoms with Gasteiger partial charge in [-0.2, -0.15) is 0 Å². The van der Waals surface area contributed by atoms with E-state index in [1.807, 2.05) is 13.0 Å². The van der Waals surface area contributed by atoms with Crippen molar-refractivity contribution in [3.63, 3.8) is 0 Å². The van der Waals surface area contributed by atoms with Crippen LogP contribution in [0.15, 0.2) is 18.5 Å². The average molecular weight is 223 g/mol. The Labute approximate surface area is 96.1 Å². The highest BCUT2D eigenvalue weighted by Gasteiger charge is 2.11. The first-order chi connectivity index (χ1) is 7.29. The number of nitrogens with one attached hydrogen (secondary N) is 1. The van der Waals surface area contributed by atoms with Gasteiger partial charge < -0.3 is 5.32 Å². The van der Waals surface area contributed by atoms with Gasteiger partial charge in [-0.1, -0.05) is 18.5 Å². The molecule has 1 heterocycles. The van der Waals surface area contributed by atoms with Gasteiger partial charge >= 0.3 is 0 Å². The highest BCUT2D eigenvalue weighted by Crippen LogP contribution is 2.23. The number of nitrogens with zero attached hydrogens (tertiary/aromatic N) is 1. The fraction of sp³-hybridized carbons (Fsp3) is 0.417. The minimum Gasteiger partial charge on any atom is -0.309 e. The van der Waals surface area contributed by atoms with Crippen LogP contribution in [-0.2, 0) is 0 Å². The van der Waals surface area contributed by atoms with E-state index < -0.39 is 0 Å². The Morgan fingerprint density at radius 1 is 1.60 bits per heavy atom. The first kappa shape index (κ1) is 12.0. The Morgan fingerprint density at radius 2 is 2.40 bits per heavy atom. The maximum absolute atomic E-state index is 6.08. The molecule has 1 aromatic heterocycles. The molecule has 80 valence electrons. The second-order valence-electron chi connectivity index (χ2n) is 3.14. The van der Waals surface area contributed by atoms with Gasteiger partial charge in [-0.25, -0.2) is 0 Å². The van der Waals surface area contributed by atoms with E-state index in [1.165, 1.54) is 0 Å². The van der Waals surface area contributed by atoms with Gasteiger partial charge in [-0.3, -0.25) is 4.98 Å². The Hall–Kier alpha value is -1.04. The molecule has 1 atom stereocenters. The number of pyridine rings is 1. The fourth-order valence-electron chi connectivity index (χ4n) is 1.41. The van der Waals surface area contributed by atoms with Crippen molar-refractivity contribution >= 4 is 11.6 Å². The number of halogens is 1. The minimum atomic E-state index is 0.193. The zero-order valence-corrected chi connectivity index (χ0v) is 9.80.